The SMILES string of the molecule is CC1CCCN(c2nc3c(c(=O)[nH]2)C(c2ccccc2)C(C#N)C(=O)N3)C1. The number of carbonyl (C=O) groups is 1. The number of carbonyl (C=O) groups excluding carboxylic acids is 1. The Morgan fingerprint density at radius 1 is 1.26 bits per heavy atom. The summed E-state index contributed by atoms with van der Waals surface area (Å²) in [5.74, 6) is -0.760. The molecule has 138 valence electrons. The van der Waals surface area contributed by atoms with Gasteiger partial charge in [-0.1, -0.05) is 37.3 Å². The van der Waals surface area contributed by atoms with Crippen molar-refractivity contribution in [1.82, 2.24) is 9.97 Å². The molecule has 7 heteroatoms. The molecule has 2 aromatic rings. The summed E-state index contributed by atoms with van der Waals surface area (Å²) in [5, 5.41) is 12.2. The maximum atomic E-state index is 13.0. The average molecular weight is 363 g/mol. The van der Waals surface area contributed by atoms with Crippen molar-refractivity contribution in [3.05, 3.63) is 51.8 Å². The Morgan fingerprint density at radius 2 is 2.04 bits per heavy atom. The molecular formula is C20H21N5O2. The minimum Gasteiger partial charge on any atom is -0.342 e. The number of piperidine rings is 1. The summed E-state index contributed by atoms with van der Waals surface area (Å²) in [6.07, 6.45) is 2.19. The number of benzene rings is 1. The van der Waals surface area contributed by atoms with Gasteiger partial charge in [0.25, 0.3) is 5.56 Å². The molecule has 3 atom stereocenters. The van der Waals surface area contributed by atoms with Crippen LogP contribution < -0.4 is 15.8 Å². The summed E-state index contributed by atoms with van der Waals surface area (Å²) in [6, 6.07) is 11.2. The molecule has 1 saturated heterocycles. The molecule has 1 amide bonds. The van der Waals surface area contributed by atoms with Crippen LogP contribution in [-0.4, -0.2) is 29.0 Å². The zero-order valence-electron chi connectivity index (χ0n) is 15.1. The molecule has 0 saturated carbocycles. The predicted octanol–water partition coefficient (Wildman–Crippen LogP) is 2.23. The van der Waals surface area contributed by atoms with Crippen molar-refractivity contribution in [2.75, 3.05) is 23.3 Å². The van der Waals surface area contributed by atoms with Crippen LogP contribution in [0.25, 0.3) is 0 Å². The van der Waals surface area contributed by atoms with E-state index >= 15 is 0 Å². The predicted molar refractivity (Wildman–Crippen MR) is 101 cm³/mol. The Hall–Kier alpha value is -3.14. The van der Waals surface area contributed by atoms with Crippen LogP contribution in [-0.2, 0) is 4.79 Å². The standard InChI is InChI=1S/C20H21N5O2/c1-12-6-5-9-25(11-12)20-23-17-16(19(27)24-20)15(13-7-3-2-4-8-13)14(10-21)18(26)22-17/h2-4,7-8,12,14-15H,5-6,9,11H2,1H3,(H2,22,23,24,26,27). The molecule has 0 spiro atoms. The maximum absolute atomic E-state index is 13.0. The highest BCUT2D eigenvalue weighted by atomic mass is 16.2. The van der Waals surface area contributed by atoms with E-state index in [0.717, 1.165) is 31.5 Å². The molecule has 0 radical (unpaired) electrons. The molecule has 2 N–H and O–H groups in total. The van der Waals surface area contributed by atoms with E-state index in [-0.39, 0.29) is 11.4 Å². The molecule has 3 unspecified atom stereocenters. The van der Waals surface area contributed by atoms with Crippen LogP contribution in [0.5, 0.6) is 0 Å². The van der Waals surface area contributed by atoms with E-state index in [0.29, 0.717) is 17.4 Å². The highest BCUT2D eigenvalue weighted by Gasteiger charge is 2.40. The molecule has 3 heterocycles. The Kier molecular flexibility index (Phi) is 4.40. The van der Waals surface area contributed by atoms with Gasteiger partial charge in [0.2, 0.25) is 11.9 Å². The smallest absolute Gasteiger partial charge is 0.258 e. The van der Waals surface area contributed by atoms with Crippen molar-refractivity contribution < 1.29 is 4.79 Å². The van der Waals surface area contributed by atoms with Gasteiger partial charge in [0.1, 0.15) is 11.7 Å². The Balaban J connectivity index is 1.82. The van der Waals surface area contributed by atoms with E-state index < -0.39 is 17.7 Å². The molecule has 1 fully saturated rings. The molecule has 1 aromatic carbocycles. The Morgan fingerprint density at radius 3 is 2.74 bits per heavy atom. The van der Waals surface area contributed by atoms with Gasteiger partial charge >= 0.3 is 0 Å². The lowest BCUT2D eigenvalue weighted by Gasteiger charge is -2.33. The van der Waals surface area contributed by atoms with Crippen LogP contribution in [0.3, 0.4) is 0 Å². The second-order valence-electron chi connectivity index (χ2n) is 7.33. The lowest BCUT2D eigenvalue weighted by Crippen LogP contribution is -2.41. The topological polar surface area (TPSA) is 102 Å². The Labute approximate surface area is 157 Å². The number of rotatable bonds is 2. The van der Waals surface area contributed by atoms with Crippen molar-refractivity contribution in [1.29, 1.82) is 5.26 Å². The largest absolute Gasteiger partial charge is 0.342 e. The molecular weight excluding hydrogens is 342 g/mol. The highest BCUT2D eigenvalue weighted by Crippen LogP contribution is 2.38. The van der Waals surface area contributed by atoms with Gasteiger partial charge in [0, 0.05) is 19.0 Å². The van der Waals surface area contributed by atoms with Crippen LogP contribution in [0.15, 0.2) is 35.1 Å². The number of amides is 1. The summed E-state index contributed by atoms with van der Waals surface area (Å²) in [6.45, 7) is 3.81. The first-order valence-electron chi connectivity index (χ1n) is 9.23. The van der Waals surface area contributed by atoms with Crippen molar-refractivity contribution in [3.63, 3.8) is 0 Å². The lowest BCUT2D eigenvalue weighted by molar-refractivity contribution is -0.119. The Bertz CT molecular complexity index is 963. The second kappa shape index (κ2) is 6.88. The van der Waals surface area contributed by atoms with Crippen LogP contribution in [0.1, 0.15) is 36.8 Å². The fourth-order valence-electron chi connectivity index (χ4n) is 4.05. The fourth-order valence-corrected chi connectivity index (χ4v) is 4.05. The average Bonchev–Trinajstić information content (AvgIpc) is 2.67. The summed E-state index contributed by atoms with van der Waals surface area (Å²) in [7, 11) is 0. The van der Waals surface area contributed by atoms with Gasteiger partial charge in [0.05, 0.1) is 11.6 Å². The van der Waals surface area contributed by atoms with E-state index in [1.165, 1.54) is 0 Å². The fraction of sp³-hybridized carbons (Fsp3) is 0.400. The molecule has 0 aliphatic carbocycles. The highest BCUT2D eigenvalue weighted by molar-refractivity contribution is 5.97. The van der Waals surface area contributed by atoms with Gasteiger partial charge in [-0.15, -0.1) is 0 Å². The van der Waals surface area contributed by atoms with E-state index in [2.05, 4.69) is 33.2 Å². The number of nitrogens with one attached hydrogen (secondary N) is 2. The third-order valence-electron chi connectivity index (χ3n) is 5.37. The number of H-pyrrole nitrogens is 1. The summed E-state index contributed by atoms with van der Waals surface area (Å²) < 4.78 is 0. The first kappa shape index (κ1) is 17.3. The third kappa shape index (κ3) is 3.08. The van der Waals surface area contributed by atoms with Gasteiger partial charge in [0.15, 0.2) is 0 Å². The van der Waals surface area contributed by atoms with Crippen molar-refractivity contribution in [2.24, 2.45) is 11.8 Å². The number of hydrogen-bond donors (Lipinski definition) is 2. The normalized spacial score (nSPS) is 24.7. The van der Waals surface area contributed by atoms with Crippen molar-refractivity contribution in [2.45, 2.75) is 25.7 Å². The van der Waals surface area contributed by atoms with Crippen LogP contribution in [0.2, 0.25) is 0 Å². The summed E-state index contributed by atoms with van der Waals surface area (Å²) >= 11 is 0. The first-order chi connectivity index (χ1) is 13.1. The minimum absolute atomic E-state index is 0.261. The summed E-state index contributed by atoms with van der Waals surface area (Å²) in [4.78, 5) is 35.0. The molecule has 4 rings (SSSR count). The quantitative estimate of drug-likeness (QED) is 0.852. The van der Waals surface area contributed by atoms with E-state index in [1.807, 2.05) is 30.3 Å². The van der Waals surface area contributed by atoms with Gasteiger partial charge in [-0.2, -0.15) is 10.2 Å². The lowest BCUT2D eigenvalue weighted by atomic mass is 9.79. The monoisotopic (exact) mass is 363 g/mol. The molecule has 2 aliphatic rings. The van der Waals surface area contributed by atoms with Crippen LogP contribution in [0, 0.1) is 23.2 Å². The minimum atomic E-state index is -0.969. The molecule has 27 heavy (non-hydrogen) atoms. The van der Waals surface area contributed by atoms with Crippen LogP contribution >= 0.6 is 0 Å². The van der Waals surface area contributed by atoms with Crippen molar-refractivity contribution in [3.8, 4) is 6.07 Å². The third-order valence-corrected chi connectivity index (χ3v) is 5.37. The number of aromatic amines is 1. The van der Waals surface area contributed by atoms with Gasteiger partial charge < -0.3 is 10.2 Å². The summed E-state index contributed by atoms with van der Waals surface area (Å²) in [5.41, 5.74) is 0.801. The first-order valence-corrected chi connectivity index (χ1v) is 9.23. The molecule has 1 aromatic heterocycles. The van der Waals surface area contributed by atoms with Crippen molar-refractivity contribution >= 4 is 17.7 Å². The van der Waals surface area contributed by atoms with E-state index in [1.54, 1.807) is 0 Å². The van der Waals surface area contributed by atoms with Gasteiger partial charge in [-0.05, 0) is 24.3 Å². The number of nitrogens with zero attached hydrogens (tertiary/aromatic N) is 3. The zero-order chi connectivity index (χ0) is 19.0. The van der Waals surface area contributed by atoms with Gasteiger partial charge in [-0.25, -0.2) is 0 Å². The second-order valence-corrected chi connectivity index (χ2v) is 7.33. The maximum Gasteiger partial charge on any atom is 0.258 e. The van der Waals surface area contributed by atoms with E-state index in [9.17, 15) is 14.9 Å². The van der Waals surface area contributed by atoms with Gasteiger partial charge in [-0.3, -0.25) is 14.6 Å². The molecule has 7 nitrogen and oxygen atoms in total. The number of anilines is 2. The van der Waals surface area contributed by atoms with Crippen LogP contribution in [0.4, 0.5) is 11.8 Å². The number of fused-ring (bicyclic) bond motifs is 1. The molecule has 0 bridgehead atoms. The number of aromatic nitrogens is 2. The molecule has 2 aliphatic heterocycles. The zero-order valence-corrected chi connectivity index (χ0v) is 15.1. The van der Waals surface area contributed by atoms with E-state index in [4.69, 9.17) is 0 Å². The number of nitriles is 1. The number of hydrogen-bond acceptors (Lipinski definition) is 5.